The fourth-order valence-corrected chi connectivity index (χ4v) is 3.29. The van der Waals surface area contributed by atoms with Gasteiger partial charge in [-0.3, -0.25) is 24.3 Å². The molecule has 4 rings (SSSR count). The number of carbonyl (C=O) groups is 1. The SMILES string of the molecule is O=C(Cn1cnc2cc([N+](=O)[O-])ccc2c1=O)NC(C1CC1)C1CC1. The van der Waals surface area contributed by atoms with E-state index in [9.17, 15) is 19.7 Å². The third kappa shape index (κ3) is 3.24. The molecule has 2 fully saturated rings. The molecule has 0 aliphatic heterocycles. The Balaban J connectivity index is 1.53. The maximum Gasteiger partial charge on any atom is 0.271 e. The van der Waals surface area contributed by atoms with E-state index in [1.165, 1.54) is 29.1 Å². The van der Waals surface area contributed by atoms with Crippen LogP contribution in [0.1, 0.15) is 25.7 Å². The average molecular weight is 342 g/mol. The van der Waals surface area contributed by atoms with Crippen LogP contribution in [0.25, 0.3) is 10.9 Å². The van der Waals surface area contributed by atoms with E-state index in [0.29, 0.717) is 11.8 Å². The first-order valence-electron chi connectivity index (χ1n) is 8.46. The molecule has 2 saturated carbocycles. The zero-order chi connectivity index (χ0) is 17.6. The molecular weight excluding hydrogens is 324 g/mol. The summed E-state index contributed by atoms with van der Waals surface area (Å²) in [4.78, 5) is 39.2. The number of hydrogen-bond donors (Lipinski definition) is 1. The highest BCUT2D eigenvalue weighted by atomic mass is 16.6. The number of aromatic nitrogens is 2. The van der Waals surface area contributed by atoms with Crippen molar-refractivity contribution >= 4 is 22.5 Å². The number of carbonyl (C=O) groups excluding carboxylic acids is 1. The third-order valence-corrected chi connectivity index (χ3v) is 4.92. The Labute approximate surface area is 143 Å². The number of non-ortho nitro benzene ring substituents is 1. The molecule has 0 radical (unpaired) electrons. The lowest BCUT2D eigenvalue weighted by Gasteiger charge is -2.18. The number of benzene rings is 1. The van der Waals surface area contributed by atoms with E-state index >= 15 is 0 Å². The van der Waals surface area contributed by atoms with E-state index in [0.717, 1.165) is 25.7 Å². The molecule has 0 unspecified atom stereocenters. The smallest absolute Gasteiger partial charge is 0.271 e. The second-order valence-electron chi connectivity index (χ2n) is 6.90. The molecule has 2 aliphatic rings. The molecule has 1 amide bonds. The van der Waals surface area contributed by atoms with Crippen molar-refractivity contribution in [1.29, 1.82) is 0 Å². The van der Waals surface area contributed by atoms with Crippen LogP contribution in [0, 0.1) is 22.0 Å². The molecule has 0 saturated heterocycles. The molecule has 0 bridgehead atoms. The van der Waals surface area contributed by atoms with Crippen LogP contribution in [0.4, 0.5) is 5.69 Å². The lowest BCUT2D eigenvalue weighted by Crippen LogP contribution is -2.41. The topological polar surface area (TPSA) is 107 Å². The van der Waals surface area contributed by atoms with Gasteiger partial charge in [0.05, 0.1) is 22.2 Å². The Morgan fingerprint density at radius 3 is 2.60 bits per heavy atom. The summed E-state index contributed by atoms with van der Waals surface area (Å²) in [5, 5.41) is 14.1. The molecule has 25 heavy (non-hydrogen) atoms. The molecule has 130 valence electrons. The van der Waals surface area contributed by atoms with E-state index in [1.54, 1.807) is 0 Å². The molecular formula is C17H18N4O4. The van der Waals surface area contributed by atoms with Gasteiger partial charge in [-0.05, 0) is 43.6 Å². The van der Waals surface area contributed by atoms with Gasteiger partial charge in [-0.15, -0.1) is 0 Å². The third-order valence-electron chi connectivity index (χ3n) is 4.92. The molecule has 8 nitrogen and oxygen atoms in total. The van der Waals surface area contributed by atoms with Crippen molar-refractivity contribution in [3.05, 3.63) is 45.0 Å². The molecule has 1 N–H and O–H groups in total. The summed E-state index contributed by atoms with van der Waals surface area (Å²) in [6, 6.07) is 4.15. The highest BCUT2D eigenvalue weighted by Gasteiger charge is 2.42. The van der Waals surface area contributed by atoms with Gasteiger partial charge in [-0.2, -0.15) is 0 Å². The molecule has 2 aliphatic carbocycles. The Kier molecular flexibility index (Phi) is 3.74. The van der Waals surface area contributed by atoms with Gasteiger partial charge in [0.1, 0.15) is 6.54 Å². The van der Waals surface area contributed by atoms with Crippen LogP contribution in [-0.4, -0.2) is 26.4 Å². The fraction of sp³-hybridized carbons (Fsp3) is 0.471. The summed E-state index contributed by atoms with van der Waals surface area (Å²) in [7, 11) is 0. The minimum atomic E-state index is -0.532. The van der Waals surface area contributed by atoms with Gasteiger partial charge in [0.25, 0.3) is 11.2 Å². The molecule has 0 spiro atoms. The predicted molar refractivity (Wildman–Crippen MR) is 90.0 cm³/mol. The lowest BCUT2D eigenvalue weighted by atomic mass is 10.1. The Morgan fingerprint density at radius 2 is 2.00 bits per heavy atom. The van der Waals surface area contributed by atoms with Crippen molar-refractivity contribution in [3.63, 3.8) is 0 Å². The summed E-state index contributed by atoms with van der Waals surface area (Å²) in [5.74, 6) is 0.987. The number of nitrogens with zero attached hydrogens (tertiary/aromatic N) is 3. The minimum Gasteiger partial charge on any atom is -0.351 e. The van der Waals surface area contributed by atoms with Gasteiger partial charge in [0.15, 0.2) is 0 Å². The number of rotatable bonds is 6. The van der Waals surface area contributed by atoms with E-state index < -0.39 is 4.92 Å². The maximum atomic E-state index is 12.5. The van der Waals surface area contributed by atoms with Crippen molar-refractivity contribution < 1.29 is 9.72 Å². The van der Waals surface area contributed by atoms with Gasteiger partial charge in [-0.1, -0.05) is 0 Å². The number of hydrogen-bond acceptors (Lipinski definition) is 5. The van der Waals surface area contributed by atoms with Gasteiger partial charge in [-0.25, -0.2) is 4.98 Å². The number of nitro groups is 1. The quantitative estimate of drug-likeness (QED) is 0.634. The summed E-state index contributed by atoms with van der Waals surface area (Å²) < 4.78 is 1.25. The van der Waals surface area contributed by atoms with Crippen molar-refractivity contribution in [2.45, 2.75) is 38.3 Å². The van der Waals surface area contributed by atoms with Crippen LogP contribution in [0.2, 0.25) is 0 Å². The second kappa shape index (κ2) is 5.94. The second-order valence-corrected chi connectivity index (χ2v) is 6.90. The standard InChI is InChI=1S/C17H18N4O4/c22-15(19-16(10-1-2-10)11-3-4-11)8-20-9-18-14-7-12(21(24)25)5-6-13(14)17(20)23/h5-7,9-11,16H,1-4,8H2,(H,19,22). The summed E-state index contributed by atoms with van der Waals surface area (Å²) >= 11 is 0. The summed E-state index contributed by atoms with van der Waals surface area (Å²) in [6.45, 7) is -0.0886. The Hall–Kier alpha value is -2.77. The normalized spacial score (nSPS) is 17.0. The Morgan fingerprint density at radius 1 is 1.32 bits per heavy atom. The van der Waals surface area contributed by atoms with Gasteiger partial charge < -0.3 is 5.32 Å². The Bertz CT molecular complexity index is 902. The minimum absolute atomic E-state index is 0.0886. The molecule has 8 heteroatoms. The largest absolute Gasteiger partial charge is 0.351 e. The molecule has 1 aromatic carbocycles. The number of amides is 1. The zero-order valence-electron chi connectivity index (χ0n) is 13.6. The van der Waals surface area contributed by atoms with Gasteiger partial charge in [0, 0.05) is 18.2 Å². The average Bonchev–Trinajstić information content (AvgIpc) is 3.47. The van der Waals surface area contributed by atoms with E-state index in [1.807, 2.05) is 0 Å². The highest BCUT2D eigenvalue weighted by molar-refractivity contribution is 5.80. The van der Waals surface area contributed by atoms with Crippen molar-refractivity contribution in [2.75, 3.05) is 0 Å². The zero-order valence-corrected chi connectivity index (χ0v) is 13.6. The predicted octanol–water partition coefficient (Wildman–Crippen LogP) is 1.61. The fourth-order valence-electron chi connectivity index (χ4n) is 3.29. The molecule has 0 atom stereocenters. The van der Waals surface area contributed by atoms with Crippen LogP contribution in [-0.2, 0) is 11.3 Å². The van der Waals surface area contributed by atoms with E-state index in [2.05, 4.69) is 10.3 Å². The summed E-state index contributed by atoms with van der Waals surface area (Å²) in [5.41, 5.74) is -0.235. The number of nitro benzene ring substituents is 1. The monoisotopic (exact) mass is 342 g/mol. The number of nitrogens with one attached hydrogen (secondary N) is 1. The van der Waals surface area contributed by atoms with Gasteiger partial charge in [0.2, 0.25) is 5.91 Å². The first-order chi connectivity index (χ1) is 12.0. The van der Waals surface area contributed by atoms with Crippen LogP contribution < -0.4 is 10.9 Å². The maximum absolute atomic E-state index is 12.5. The lowest BCUT2D eigenvalue weighted by molar-refractivity contribution is -0.384. The van der Waals surface area contributed by atoms with E-state index in [4.69, 9.17) is 0 Å². The molecule has 1 heterocycles. The molecule has 2 aromatic rings. The van der Waals surface area contributed by atoms with Gasteiger partial charge >= 0.3 is 0 Å². The van der Waals surface area contributed by atoms with Crippen LogP contribution in [0.5, 0.6) is 0 Å². The first-order valence-corrected chi connectivity index (χ1v) is 8.46. The van der Waals surface area contributed by atoms with E-state index in [-0.39, 0.29) is 40.6 Å². The van der Waals surface area contributed by atoms with Crippen molar-refractivity contribution in [1.82, 2.24) is 14.9 Å². The van der Waals surface area contributed by atoms with Crippen LogP contribution >= 0.6 is 0 Å². The number of fused-ring (bicyclic) bond motifs is 1. The summed E-state index contributed by atoms with van der Waals surface area (Å²) in [6.07, 6.45) is 5.93. The highest BCUT2D eigenvalue weighted by Crippen LogP contribution is 2.44. The van der Waals surface area contributed by atoms with Crippen molar-refractivity contribution in [3.8, 4) is 0 Å². The molecule has 1 aromatic heterocycles. The van der Waals surface area contributed by atoms with Crippen LogP contribution in [0.15, 0.2) is 29.3 Å². The van der Waals surface area contributed by atoms with Crippen molar-refractivity contribution in [2.24, 2.45) is 11.8 Å². The van der Waals surface area contributed by atoms with Crippen LogP contribution in [0.3, 0.4) is 0 Å². The first kappa shape index (κ1) is 15.7.